The van der Waals surface area contributed by atoms with Crippen molar-refractivity contribution in [2.45, 2.75) is 39.5 Å². The van der Waals surface area contributed by atoms with E-state index in [9.17, 15) is 4.79 Å². The molecule has 128 valence electrons. The normalized spacial score (nSPS) is 17.8. The summed E-state index contributed by atoms with van der Waals surface area (Å²) in [5.41, 5.74) is 1.94. The van der Waals surface area contributed by atoms with Crippen LogP contribution in [0.15, 0.2) is 23.7 Å². The highest BCUT2D eigenvalue weighted by Crippen LogP contribution is 2.20. The molecule has 1 saturated heterocycles. The van der Waals surface area contributed by atoms with Crippen molar-refractivity contribution in [3.8, 4) is 5.75 Å². The molecule has 3 heterocycles. The van der Waals surface area contributed by atoms with Gasteiger partial charge in [-0.3, -0.25) is 14.7 Å². The van der Waals surface area contributed by atoms with E-state index in [1.165, 1.54) is 6.92 Å². The number of aromatic nitrogens is 2. The van der Waals surface area contributed by atoms with Crippen LogP contribution in [0.1, 0.15) is 29.7 Å². The van der Waals surface area contributed by atoms with Crippen molar-refractivity contribution in [1.29, 1.82) is 0 Å². The molecule has 1 aliphatic rings. The zero-order chi connectivity index (χ0) is 16.9. The molecule has 0 radical (unpaired) electrons. The first-order valence-corrected chi connectivity index (χ1v) is 8.96. The first-order chi connectivity index (χ1) is 11.6. The Morgan fingerprint density at radius 1 is 1.50 bits per heavy atom. The Labute approximate surface area is 145 Å². The lowest BCUT2D eigenvalue weighted by atomic mass is 10.3. The van der Waals surface area contributed by atoms with E-state index in [1.54, 1.807) is 17.5 Å². The van der Waals surface area contributed by atoms with Gasteiger partial charge in [-0.2, -0.15) is 0 Å². The standard InChI is InChI=1S/C17H22N4O2S/c1-12(22)19-8-14-7-16(3-5-18-14)23-17-4-6-21(10-17)9-15-11-24-13(2)20-15/h3,5,7,11,17H,4,6,8-10H2,1-2H3,(H,19,22). The zero-order valence-corrected chi connectivity index (χ0v) is 14.8. The van der Waals surface area contributed by atoms with Crippen LogP contribution in [0.5, 0.6) is 5.75 Å². The quantitative estimate of drug-likeness (QED) is 0.868. The van der Waals surface area contributed by atoms with Crippen LogP contribution in [-0.4, -0.2) is 40.0 Å². The summed E-state index contributed by atoms with van der Waals surface area (Å²) < 4.78 is 6.08. The number of rotatable bonds is 6. The number of nitrogens with one attached hydrogen (secondary N) is 1. The fraction of sp³-hybridized carbons (Fsp3) is 0.471. The van der Waals surface area contributed by atoms with Gasteiger partial charge in [0.15, 0.2) is 0 Å². The molecule has 0 aliphatic carbocycles. The highest BCUT2D eigenvalue weighted by Gasteiger charge is 2.24. The van der Waals surface area contributed by atoms with E-state index in [4.69, 9.17) is 4.74 Å². The van der Waals surface area contributed by atoms with Gasteiger partial charge < -0.3 is 10.1 Å². The predicted octanol–water partition coefficient (Wildman–Crippen LogP) is 2.14. The molecule has 0 spiro atoms. The van der Waals surface area contributed by atoms with Gasteiger partial charge >= 0.3 is 0 Å². The number of ether oxygens (including phenoxy) is 1. The second-order valence-corrected chi connectivity index (χ2v) is 7.08. The van der Waals surface area contributed by atoms with Crippen LogP contribution in [0.25, 0.3) is 0 Å². The summed E-state index contributed by atoms with van der Waals surface area (Å²) in [6.45, 7) is 6.76. The molecule has 1 unspecified atom stereocenters. The maximum absolute atomic E-state index is 11.0. The average molecular weight is 346 g/mol. The van der Waals surface area contributed by atoms with Gasteiger partial charge in [0.1, 0.15) is 11.9 Å². The van der Waals surface area contributed by atoms with E-state index >= 15 is 0 Å². The monoisotopic (exact) mass is 346 g/mol. The lowest BCUT2D eigenvalue weighted by molar-refractivity contribution is -0.119. The van der Waals surface area contributed by atoms with Crippen molar-refractivity contribution in [3.05, 3.63) is 40.1 Å². The number of pyridine rings is 1. The number of carbonyl (C=O) groups excluding carboxylic acids is 1. The molecule has 2 aromatic heterocycles. The highest BCUT2D eigenvalue weighted by atomic mass is 32.1. The number of carbonyl (C=O) groups is 1. The third-order valence-electron chi connectivity index (χ3n) is 3.89. The first-order valence-electron chi connectivity index (χ1n) is 8.08. The molecule has 0 bridgehead atoms. The van der Waals surface area contributed by atoms with E-state index in [0.29, 0.717) is 6.54 Å². The van der Waals surface area contributed by atoms with Gasteiger partial charge in [-0.1, -0.05) is 0 Å². The Hall–Kier alpha value is -1.99. The minimum atomic E-state index is -0.0631. The first kappa shape index (κ1) is 16.9. The fourth-order valence-corrected chi connectivity index (χ4v) is 3.38. The van der Waals surface area contributed by atoms with Crippen molar-refractivity contribution in [2.24, 2.45) is 0 Å². The summed E-state index contributed by atoms with van der Waals surface area (Å²) in [5.74, 6) is 0.744. The maximum Gasteiger partial charge on any atom is 0.217 e. The van der Waals surface area contributed by atoms with Crippen LogP contribution in [0.4, 0.5) is 0 Å². The average Bonchev–Trinajstić information content (AvgIpc) is 3.15. The summed E-state index contributed by atoms with van der Waals surface area (Å²) >= 11 is 1.69. The van der Waals surface area contributed by atoms with E-state index in [2.05, 4.69) is 25.6 Å². The molecule has 3 rings (SSSR count). The number of aryl methyl sites for hydroxylation is 1. The molecule has 1 atom stereocenters. The second kappa shape index (κ2) is 7.72. The lowest BCUT2D eigenvalue weighted by Gasteiger charge is -2.16. The molecular weight excluding hydrogens is 324 g/mol. The van der Waals surface area contributed by atoms with Crippen molar-refractivity contribution < 1.29 is 9.53 Å². The maximum atomic E-state index is 11.0. The molecule has 6 nitrogen and oxygen atoms in total. The molecule has 7 heteroatoms. The van der Waals surface area contributed by atoms with Gasteiger partial charge in [-0.25, -0.2) is 4.98 Å². The van der Waals surface area contributed by atoms with Crippen LogP contribution < -0.4 is 10.1 Å². The van der Waals surface area contributed by atoms with Gasteiger partial charge in [-0.05, 0) is 19.4 Å². The van der Waals surface area contributed by atoms with Crippen LogP contribution in [0, 0.1) is 6.92 Å². The number of likely N-dealkylation sites (tertiary alicyclic amines) is 1. The van der Waals surface area contributed by atoms with Crippen molar-refractivity contribution in [1.82, 2.24) is 20.2 Å². The lowest BCUT2D eigenvalue weighted by Crippen LogP contribution is -2.25. The molecule has 1 amide bonds. The summed E-state index contributed by atoms with van der Waals surface area (Å²) in [4.78, 5) is 22.1. The second-order valence-electron chi connectivity index (χ2n) is 6.01. The van der Waals surface area contributed by atoms with E-state index < -0.39 is 0 Å². The predicted molar refractivity (Wildman–Crippen MR) is 92.9 cm³/mol. The van der Waals surface area contributed by atoms with Crippen LogP contribution in [0.2, 0.25) is 0 Å². The number of hydrogen-bond acceptors (Lipinski definition) is 6. The van der Waals surface area contributed by atoms with Crippen LogP contribution in [0.3, 0.4) is 0 Å². The number of amides is 1. The van der Waals surface area contributed by atoms with Crippen LogP contribution in [-0.2, 0) is 17.9 Å². The molecular formula is C17H22N4O2S. The van der Waals surface area contributed by atoms with Crippen molar-refractivity contribution >= 4 is 17.2 Å². The number of hydrogen-bond donors (Lipinski definition) is 1. The van der Waals surface area contributed by atoms with Crippen molar-refractivity contribution in [3.63, 3.8) is 0 Å². The van der Waals surface area contributed by atoms with Gasteiger partial charge in [0.25, 0.3) is 0 Å². The van der Waals surface area contributed by atoms with Gasteiger partial charge in [0.2, 0.25) is 5.91 Å². The summed E-state index contributed by atoms with van der Waals surface area (Å²) in [6, 6.07) is 3.76. The Morgan fingerprint density at radius 2 is 2.38 bits per heavy atom. The third-order valence-corrected chi connectivity index (χ3v) is 4.71. The summed E-state index contributed by atoms with van der Waals surface area (Å²) in [5, 5.41) is 5.99. The Bertz CT molecular complexity index is 703. The number of nitrogens with zero attached hydrogens (tertiary/aromatic N) is 3. The minimum absolute atomic E-state index is 0.0631. The Morgan fingerprint density at radius 3 is 3.12 bits per heavy atom. The summed E-state index contributed by atoms with van der Waals surface area (Å²) in [6.07, 6.45) is 2.91. The Kier molecular flexibility index (Phi) is 5.42. The van der Waals surface area contributed by atoms with Gasteiger partial charge in [-0.15, -0.1) is 11.3 Å². The van der Waals surface area contributed by atoms with Crippen LogP contribution >= 0.6 is 11.3 Å². The molecule has 0 saturated carbocycles. The molecule has 0 aromatic carbocycles. The topological polar surface area (TPSA) is 67.3 Å². The fourth-order valence-electron chi connectivity index (χ4n) is 2.78. The van der Waals surface area contributed by atoms with Gasteiger partial charge in [0.05, 0.1) is 22.9 Å². The third kappa shape index (κ3) is 4.75. The molecule has 1 fully saturated rings. The highest BCUT2D eigenvalue weighted by molar-refractivity contribution is 7.09. The smallest absolute Gasteiger partial charge is 0.217 e. The summed E-state index contributed by atoms with van der Waals surface area (Å²) in [7, 11) is 0. The Balaban J connectivity index is 1.51. The molecule has 24 heavy (non-hydrogen) atoms. The van der Waals surface area contributed by atoms with E-state index in [0.717, 1.165) is 48.2 Å². The number of thiazole rings is 1. The van der Waals surface area contributed by atoms with Crippen molar-refractivity contribution in [2.75, 3.05) is 13.1 Å². The largest absolute Gasteiger partial charge is 0.489 e. The SMILES string of the molecule is CC(=O)NCc1cc(OC2CCN(Cc3csc(C)n3)C2)ccn1. The van der Waals surface area contributed by atoms with Gasteiger partial charge in [0, 0.05) is 44.2 Å². The molecule has 1 aliphatic heterocycles. The molecule has 1 N–H and O–H groups in total. The minimum Gasteiger partial charge on any atom is -0.489 e. The molecule has 2 aromatic rings. The van der Waals surface area contributed by atoms with E-state index in [-0.39, 0.29) is 12.0 Å². The zero-order valence-electron chi connectivity index (χ0n) is 14.0. The van der Waals surface area contributed by atoms with E-state index in [1.807, 2.05) is 19.1 Å².